The van der Waals surface area contributed by atoms with Crippen molar-refractivity contribution in [2.24, 2.45) is 5.92 Å². The van der Waals surface area contributed by atoms with Gasteiger partial charge in [-0.25, -0.2) is 4.79 Å². The number of hydrogen-bond donors (Lipinski definition) is 2. The number of hydrogen-bond acceptors (Lipinski definition) is 3. The van der Waals surface area contributed by atoms with Gasteiger partial charge < -0.3 is 10.6 Å². The topological polar surface area (TPSA) is 78.5 Å². The Hall–Kier alpha value is -2.67. The molecule has 2 unspecified atom stereocenters. The fraction of sp³-hybridized carbons (Fsp3) is 0.375. The number of carbonyl (C=O) groups is 3. The Morgan fingerprint density at radius 1 is 1.13 bits per heavy atom. The summed E-state index contributed by atoms with van der Waals surface area (Å²) >= 11 is 3.39. The molecule has 1 fully saturated rings. The van der Waals surface area contributed by atoms with Crippen LogP contribution in [0.15, 0.2) is 53.0 Å². The van der Waals surface area contributed by atoms with Crippen LogP contribution in [0.4, 0.5) is 4.79 Å². The minimum atomic E-state index is -1.21. The van der Waals surface area contributed by atoms with E-state index in [0.717, 1.165) is 21.4 Å². The lowest BCUT2D eigenvalue weighted by Crippen LogP contribution is -2.43. The highest BCUT2D eigenvalue weighted by molar-refractivity contribution is 9.10. The van der Waals surface area contributed by atoms with Gasteiger partial charge in [0.05, 0.1) is 6.04 Å². The van der Waals surface area contributed by atoms with Crippen molar-refractivity contribution >= 4 is 33.8 Å². The molecule has 4 amide bonds. The number of amides is 4. The lowest BCUT2D eigenvalue weighted by atomic mass is 9.92. The van der Waals surface area contributed by atoms with Crippen molar-refractivity contribution in [3.8, 4) is 0 Å². The van der Waals surface area contributed by atoms with Gasteiger partial charge in [0.2, 0.25) is 5.91 Å². The molecule has 31 heavy (non-hydrogen) atoms. The summed E-state index contributed by atoms with van der Waals surface area (Å²) in [6.07, 6.45) is 1.00. The fourth-order valence-corrected chi connectivity index (χ4v) is 4.16. The smallest absolute Gasteiger partial charge is 0.325 e. The van der Waals surface area contributed by atoms with Crippen LogP contribution in [-0.4, -0.2) is 29.3 Å². The van der Waals surface area contributed by atoms with Gasteiger partial charge in [-0.3, -0.25) is 14.5 Å². The zero-order valence-electron chi connectivity index (χ0n) is 18.2. The number of urea groups is 1. The molecule has 7 heteroatoms. The van der Waals surface area contributed by atoms with Gasteiger partial charge in [-0.15, -0.1) is 0 Å². The van der Waals surface area contributed by atoms with Crippen molar-refractivity contribution in [2.75, 3.05) is 6.54 Å². The van der Waals surface area contributed by atoms with Crippen molar-refractivity contribution in [1.29, 1.82) is 0 Å². The van der Waals surface area contributed by atoms with E-state index in [0.29, 0.717) is 11.5 Å². The SMILES string of the molecule is CC(C)Cc1ccc(C(C)NC(=O)CN2C(=O)NC(C)(c3cccc(Br)c3)C2=O)cc1. The lowest BCUT2D eigenvalue weighted by Gasteiger charge is -2.22. The van der Waals surface area contributed by atoms with Crippen LogP contribution >= 0.6 is 15.9 Å². The molecule has 0 saturated carbocycles. The minimum Gasteiger partial charge on any atom is -0.348 e. The van der Waals surface area contributed by atoms with Gasteiger partial charge in [-0.05, 0) is 55.0 Å². The maximum atomic E-state index is 13.0. The highest BCUT2D eigenvalue weighted by Crippen LogP contribution is 2.30. The van der Waals surface area contributed by atoms with E-state index in [1.165, 1.54) is 5.56 Å². The number of carbonyl (C=O) groups excluding carboxylic acids is 3. The molecular weight excluding hydrogens is 458 g/mol. The number of halogens is 1. The average molecular weight is 486 g/mol. The summed E-state index contributed by atoms with van der Waals surface area (Å²) in [6, 6.07) is 14.5. The normalized spacial score (nSPS) is 19.5. The first-order valence-corrected chi connectivity index (χ1v) is 11.2. The Bertz CT molecular complexity index is 990. The zero-order valence-corrected chi connectivity index (χ0v) is 19.8. The van der Waals surface area contributed by atoms with Crippen molar-refractivity contribution in [1.82, 2.24) is 15.5 Å². The third kappa shape index (κ3) is 5.15. The standard InChI is InChI=1S/C24H28BrN3O3/c1-15(2)12-17-8-10-18(11-9-17)16(3)26-21(29)14-28-22(30)24(4,27-23(28)31)19-6-5-7-20(25)13-19/h5-11,13,15-16H,12,14H2,1-4H3,(H,26,29)(H,27,31). The van der Waals surface area contributed by atoms with Gasteiger partial charge in [-0.1, -0.05) is 66.2 Å². The first-order chi connectivity index (χ1) is 14.6. The highest BCUT2D eigenvalue weighted by atomic mass is 79.9. The van der Waals surface area contributed by atoms with E-state index in [1.807, 2.05) is 25.1 Å². The van der Waals surface area contributed by atoms with Crippen LogP contribution in [0.5, 0.6) is 0 Å². The minimum absolute atomic E-state index is 0.238. The van der Waals surface area contributed by atoms with Crippen molar-refractivity contribution in [3.63, 3.8) is 0 Å². The lowest BCUT2D eigenvalue weighted by molar-refractivity contribution is -0.135. The van der Waals surface area contributed by atoms with Crippen molar-refractivity contribution in [2.45, 2.75) is 45.7 Å². The second kappa shape index (κ2) is 9.22. The molecule has 2 aromatic carbocycles. The molecule has 0 radical (unpaired) electrons. The molecule has 0 bridgehead atoms. The van der Waals surface area contributed by atoms with Crippen molar-refractivity contribution in [3.05, 3.63) is 69.7 Å². The molecular formula is C24H28BrN3O3. The molecule has 2 N–H and O–H groups in total. The van der Waals surface area contributed by atoms with Gasteiger partial charge >= 0.3 is 6.03 Å². The Labute approximate surface area is 191 Å². The summed E-state index contributed by atoms with van der Waals surface area (Å²) in [4.78, 5) is 39.1. The summed E-state index contributed by atoms with van der Waals surface area (Å²) in [6.45, 7) is 7.55. The molecule has 1 heterocycles. The monoisotopic (exact) mass is 485 g/mol. The number of imide groups is 1. The predicted molar refractivity (Wildman–Crippen MR) is 123 cm³/mol. The van der Waals surface area contributed by atoms with Crippen LogP contribution in [-0.2, 0) is 21.5 Å². The molecule has 0 spiro atoms. The van der Waals surface area contributed by atoms with Crippen LogP contribution in [0.1, 0.15) is 50.4 Å². The molecule has 1 aliphatic heterocycles. The summed E-state index contributed by atoms with van der Waals surface area (Å²) in [5.41, 5.74) is 1.66. The van der Waals surface area contributed by atoms with Crippen LogP contribution in [0.25, 0.3) is 0 Å². The molecule has 0 aromatic heterocycles. The number of nitrogens with zero attached hydrogens (tertiary/aromatic N) is 1. The van der Waals surface area contributed by atoms with Gasteiger partial charge in [0.15, 0.2) is 0 Å². The molecule has 164 valence electrons. The van der Waals surface area contributed by atoms with E-state index in [-0.39, 0.29) is 18.5 Å². The van der Waals surface area contributed by atoms with E-state index >= 15 is 0 Å². The van der Waals surface area contributed by atoms with Crippen molar-refractivity contribution < 1.29 is 14.4 Å². The third-order valence-electron chi connectivity index (χ3n) is 5.48. The first-order valence-electron chi connectivity index (χ1n) is 10.4. The van der Waals surface area contributed by atoms with Gasteiger partial charge in [0, 0.05) is 4.47 Å². The zero-order chi connectivity index (χ0) is 22.8. The van der Waals surface area contributed by atoms with Gasteiger partial charge in [0.1, 0.15) is 12.1 Å². The van der Waals surface area contributed by atoms with Crippen LogP contribution in [0.3, 0.4) is 0 Å². The summed E-state index contributed by atoms with van der Waals surface area (Å²) in [5, 5.41) is 5.60. The molecule has 0 aliphatic carbocycles. The number of rotatable bonds is 7. The maximum absolute atomic E-state index is 13.0. The number of benzene rings is 2. The van der Waals surface area contributed by atoms with Crippen LogP contribution < -0.4 is 10.6 Å². The van der Waals surface area contributed by atoms with E-state index in [9.17, 15) is 14.4 Å². The maximum Gasteiger partial charge on any atom is 0.325 e. The van der Waals surface area contributed by atoms with Crippen LogP contribution in [0, 0.1) is 5.92 Å². The van der Waals surface area contributed by atoms with Gasteiger partial charge in [-0.2, -0.15) is 0 Å². The van der Waals surface area contributed by atoms with Crippen LogP contribution in [0.2, 0.25) is 0 Å². The van der Waals surface area contributed by atoms with Gasteiger partial charge in [0.25, 0.3) is 5.91 Å². The first kappa shape index (κ1) is 23.0. The summed E-state index contributed by atoms with van der Waals surface area (Å²) in [7, 11) is 0. The predicted octanol–water partition coefficient (Wildman–Crippen LogP) is 4.29. The molecule has 3 rings (SSSR count). The second-order valence-corrected chi connectivity index (χ2v) is 9.50. The summed E-state index contributed by atoms with van der Waals surface area (Å²) in [5.74, 6) is -0.257. The molecule has 1 saturated heterocycles. The largest absolute Gasteiger partial charge is 0.348 e. The fourth-order valence-electron chi connectivity index (χ4n) is 3.76. The Balaban J connectivity index is 1.65. The highest BCUT2D eigenvalue weighted by Gasteiger charge is 2.49. The molecule has 2 aromatic rings. The van der Waals surface area contributed by atoms with E-state index in [2.05, 4.69) is 52.5 Å². The quantitative estimate of drug-likeness (QED) is 0.574. The molecule has 2 atom stereocenters. The Morgan fingerprint density at radius 2 is 1.81 bits per heavy atom. The molecule has 6 nitrogen and oxygen atoms in total. The van der Waals surface area contributed by atoms with E-state index < -0.39 is 17.5 Å². The second-order valence-electron chi connectivity index (χ2n) is 8.59. The average Bonchev–Trinajstić information content (AvgIpc) is 2.92. The van der Waals surface area contributed by atoms with E-state index in [4.69, 9.17) is 0 Å². The Morgan fingerprint density at radius 3 is 2.42 bits per heavy atom. The number of nitrogens with one attached hydrogen (secondary N) is 2. The molecule has 1 aliphatic rings. The third-order valence-corrected chi connectivity index (χ3v) is 5.97. The Kier molecular flexibility index (Phi) is 6.84. The summed E-state index contributed by atoms with van der Waals surface area (Å²) < 4.78 is 0.803. The van der Waals surface area contributed by atoms with E-state index in [1.54, 1.807) is 25.1 Å².